The molecule has 2 N–H and O–H groups in total. The SMILES string of the molecule is CCOC(=O)[C@@H](CC(=O)[C@@H](C)Cc1ccc(N)cc1)Cc1ccc(F)cc1. The second-order valence-electron chi connectivity index (χ2n) is 6.80. The Labute approximate surface area is 159 Å². The zero-order chi connectivity index (χ0) is 19.8. The van der Waals surface area contributed by atoms with E-state index in [-0.39, 0.29) is 30.5 Å². The van der Waals surface area contributed by atoms with Gasteiger partial charge in [0, 0.05) is 18.0 Å². The summed E-state index contributed by atoms with van der Waals surface area (Å²) in [6.45, 7) is 3.85. The van der Waals surface area contributed by atoms with Gasteiger partial charge in [0.1, 0.15) is 11.6 Å². The summed E-state index contributed by atoms with van der Waals surface area (Å²) in [5.41, 5.74) is 8.19. The maximum Gasteiger partial charge on any atom is 0.309 e. The van der Waals surface area contributed by atoms with Crippen LogP contribution >= 0.6 is 0 Å². The minimum Gasteiger partial charge on any atom is -0.466 e. The summed E-state index contributed by atoms with van der Waals surface area (Å²) in [5.74, 6) is -1.52. The number of nitrogen functional groups attached to an aromatic ring is 1. The summed E-state index contributed by atoms with van der Waals surface area (Å²) in [4.78, 5) is 25.0. The lowest BCUT2D eigenvalue weighted by molar-refractivity contribution is -0.149. The van der Waals surface area contributed by atoms with Crippen LogP contribution < -0.4 is 5.73 Å². The predicted molar refractivity (Wildman–Crippen MR) is 104 cm³/mol. The first-order valence-electron chi connectivity index (χ1n) is 9.17. The van der Waals surface area contributed by atoms with Crippen molar-refractivity contribution in [2.75, 3.05) is 12.3 Å². The maximum atomic E-state index is 13.1. The van der Waals surface area contributed by atoms with Crippen molar-refractivity contribution in [3.63, 3.8) is 0 Å². The highest BCUT2D eigenvalue weighted by Crippen LogP contribution is 2.20. The van der Waals surface area contributed by atoms with E-state index in [4.69, 9.17) is 10.5 Å². The zero-order valence-corrected chi connectivity index (χ0v) is 15.8. The topological polar surface area (TPSA) is 69.4 Å². The summed E-state index contributed by atoms with van der Waals surface area (Å²) in [6.07, 6.45) is 1.04. The second kappa shape index (κ2) is 9.86. The lowest BCUT2D eigenvalue weighted by Crippen LogP contribution is -2.26. The highest BCUT2D eigenvalue weighted by atomic mass is 19.1. The molecule has 4 nitrogen and oxygen atoms in total. The van der Waals surface area contributed by atoms with Crippen LogP contribution in [0.2, 0.25) is 0 Å². The fraction of sp³-hybridized carbons (Fsp3) is 0.364. The highest BCUT2D eigenvalue weighted by molar-refractivity contribution is 5.86. The number of hydrogen-bond acceptors (Lipinski definition) is 4. The number of halogens is 1. The molecule has 0 aliphatic carbocycles. The van der Waals surface area contributed by atoms with Gasteiger partial charge in [-0.3, -0.25) is 9.59 Å². The number of Topliss-reactive ketones (excluding diaryl/α,β-unsaturated/α-hetero) is 1. The van der Waals surface area contributed by atoms with Gasteiger partial charge in [0.05, 0.1) is 12.5 Å². The molecule has 0 radical (unpaired) electrons. The van der Waals surface area contributed by atoms with Crippen LogP contribution in [-0.4, -0.2) is 18.4 Å². The standard InChI is InChI=1S/C22H26FNO3/c1-3-27-22(26)18(13-17-4-8-19(23)9-5-17)14-21(25)15(2)12-16-6-10-20(24)11-7-16/h4-11,15,18H,3,12-14,24H2,1-2H3/t15-,18+/m0/s1. The molecule has 0 bridgehead atoms. The molecule has 2 aromatic rings. The number of nitrogens with two attached hydrogens (primary N) is 1. The van der Waals surface area contributed by atoms with Gasteiger partial charge in [-0.05, 0) is 55.2 Å². The van der Waals surface area contributed by atoms with Crippen LogP contribution in [0.5, 0.6) is 0 Å². The van der Waals surface area contributed by atoms with Gasteiger partial charge in [0.15, 0.2) is 0 Å². The van der Waals surface area contributed by atoms with E-state index in [1.54, 1.807) is 19.1 Å². The molecule has 0 aliphatic rings. The average Bonchev–Trinajstić information content (AvgIpc) is 2.65. The molecule has 0 unspecified atom stereocenters. The van der Waals surface area contributed by atoms with Gasteiger partial charge in [-0.25, -0.2) is 4.39 Å². The van der Waals surface area contributed by atoms with Gasteiger partial charge >= 0.3 is 5.97 Å². The van der Waals surface area contributed by atoms with Gasteiger partial charge < -0.3 is 10.5 Å². The molecule has 2 aromatic carbocycles. The number of anilines is 1. The Bertz CT molecular complexity index is 756. The number of esters is 1. The molecule has 0 fully saturated rings. The van der Waals surface area contributed by atoms with E-state index in [9.17, 15) is 14.0 Å². The number of ether oxygens (including phenoxy) is 1. The molecule has 144 valence electrons. The second-order valence-corrected chi connectivity index (χ2v) is 6.80. The third-order valence-corrected chi connectivity index (χ3v) is 4.53. The Morgan fingerprint density at radius 3 is 2.15 bits per heavy atom. The normalized spacial score (nSPS) is 13.0. The van der Waals surface area contributed by atoms with E-state index in [1.165, 1.54) is 12.1 Å². The average molecular weight is 371 g/mol. The quantitative estimate of drug-likeness (QED) is 0.535. The van der Waals surface area contributed by atoms with Gasteiger partial charge in [0.2, 0.25) is 0 Å². The first-order chi connectivity index (χ1) is 12.9. The summed E-state index contributed by atoms with van der Waals surface area (Å²) in [7, 11) is 0. The molecule has 0 amide bonds. The summed E-state index contributed by atoms with van der Waals surface area (Å²) < 4.78 is 18.2. The van der Waals surface area contributed by atoms with E-state index in [2.05, 4.69) is 0 Å². The smallest absolute Gasteiger partial charge is 0.309 e. The van der Waals surface area contributed by atoms with E-state index >= 15 is 0 Å². The molecular weight excluding hydrogens is 345 g/mol. The molecule has 0 aliphatic heterocycles. The largest absolute Gasteiger partial charge is 0.466 e. The van der Waals surface area contributed by atoms with Crippen LogP contribution in [0, 0.1) is 17.7 Å². The van der Waals surface area contributed by atoms with Crippen molar-refractivity contribution in [1.82, 2.24) is 0 Å². The highest BCUT2D eigenvalue weighted by Gasteiger charge is 2.26. The van der Waals surface area contributed by atoms with Gasteiger partial charge in [0.25, 0.3) is 0 Å². The molecule has 0 aromatic heterocycles. The van der Waals surface area contributed by atoms with Crippen LogP contribution in [0.1, 0.15) is 31.4 Å². The molecule has 0 heterocycles. The first-order valence-corrected chi connectivity index (χ1v) is 9.17. The number of ketones is 1. The molecule has 27 heavy (non-hydrogen) atoms. The van der Waals surface area contributed by atoms with Crippen molar-refractivity contribution in [3.8, 4) is 0 Å². The summed E-state index contributed by atoms with van der Waals surface area (Å²) >= 11 is 0. The summed E-state index contributed by atoms with van der Waals surface area (Å²) in [6, 6.07) is 13.4. The number of hydrogen-bond donors (Lipinski definition) is 1. The van der Waals surface area contributed by atoms with Crippen LogP contribution in [-0.2, 0) is 27.2 Å². The van der Waals surface area contributed by atoms with Gasteiger partial charge in [-0.15, -0.1) is 0 Å². The van der Waals surface area contributed by atoms with Gasteiger partial charge in [-0.1, -0.05) is 31.2 Å². The molecule has 0 spiro atoms. The van der Waals surface area contributed by atoms with Crippen molar-refractivity contribution >= 4 is 17.4 Å². The van der Waals surface area contributed by atoms with Crippen molar-refractivity contribution in [2.24, 2.45) is 11.8 Å². The van der Waals surface area contributed by atoms with Crippen molar-refractivity contribution in [2.45, 2.75) is 33.1 Å². The van der Waals surface area contributed by atoms with E-state index in [1.807, 2.05) is 31.2 Å². The Kier molecular flexibility index (Phi) is 7.53. The van der Waals surface area contributed by atoms with Crippen molar-refractivity contribution in [3.05, 3.63) is 65.5 Å². The number of rotatable bonds is 9. The minimum atomic E-state index is -0.572. The number of carbonyl (C=O) groups is 2. The fourth-order valence-electron chi connectivity index (χ4n) is 2.97. The molecule has 2 atom stereocenters. The molecule has 0 saturated carbocycles. The van der Waals surface area contributed by atoms with Crippen molar-refractivity contribution < 1.29 is 18.7 Å². The zero-order valence-electron chi connectivity index (χ0n) is 15.8. The fourth-order valence-corrected chi connectivity index (χ4v) is 2.97. The van der Waals surface area contributed by atoms with Crippen LogP contribution in [0.3, 0.4) is 0 Å². The lowest BCUT2D eigenvalue weighted by atomic mass is 9.88. The van der Waals surface area contributed by atoms with E-state index in [0.717, 1.165) is 11.1 Å². The van der Waals surface area contributed by atoms with E-state index in [0.29, 0.717) is 18.5 Å². The first kappa shape index (κ1) is 20.6. The third kappa shape index (κ3) is 6.51. The monoisotopic (exact) mass is 371 g/mol. The molecule has 0 saturated heterocycles. The Morgan fingerprint density at radius 1 is 1.00 bits per heavy atom. The van der Waals surface area contributed by atoms with Crippen molar-refractivity contribution in [1.29, 1.82) is 0 Å². The van der Waals surface area contributed by atoms with Crippen LogP contribution in [0.15, 0.2) is 48.5 Å². The Morgan fingerprint density at radius 2 is 1.56 bits per heavy atom. The third-order valence-electron chi connectivity index (χ3n) is 4.53. The molecule has 2 rings (SSSR count). The van der Waals surface area contributed by atoms with E-state index < -0.39 is 11.9 Å². The predicted octanol–water partition coefficient (Wildman–Crippen LogP) is 3.97. The lowest BCUT2D eigenvalue weighted by Gasteiger charge is -2.18. The Balaban J connectivity index is 2.03. The van der Waals surface area contributed by atoms with Gasteiger partial charge in [-0.2, -0.15) is 0 Å². The minimum absolute atomic E-state index is 0.00647. The molecular formula is C22H26FNO3. The number of carbonyl (C=O) groups excluding carboxylic acids is 2. The van der Waals surface area contributed by atoms with Crippen LogP contribution in [0.25, 0.3) is 0 Å². The maximum absolute atomic E-state index is 13.1. The summed E-state index contributed by atoms with van der Waals surface area (Å²) in [5, 5.41) is 0. The van der Waals surface area contributed by atoms with Crippen LogP contribution in [0.4, 0.5) is 10.1 Å². The Hall–Kier alpha value is -2.69. The number of benzene rings is 2. The molecule has 5 heteroatoms.